The third kappa shape index (κ3) is 7.90. The van der Waals surface area contributed by atoms with Crippen LogP contribution >= 0.6 is 15.9 Å². The Morgan fingerprint density at radius 1 is 1.03 bits per heavy atom. The molecule has 0 fully saturated rings. The number of esters is 1. The summed E-state index contributed by atoms with van der Waals surface area (Å²) in [6.07, 6.45) is 8.21. The van der Waals surface area contributed by atoms with E-state index in [4.69, 9.17) is 13.9 Å². The summed E-state index contributed by atoms with van der Waals surface area (Å²) in [6, 6.07) is 12.0. The maximum atomic E-state index is 12.1. The molecule has 3 aromatic rings. The lowest BCUT2D eigenvalue weighted by Crippen LogP contribution is -2.15. The Hall–Kier alpha value is -2.31. The predicted octanol–water partition coefficient (Wildman–Crippen LogP) is 6.94. The highest BCUT2D eigenvalue weighted by Crippen LogP contribution is 2.28. The van der Waals surface area contributed by atoms with E-state index in [1.54, 1.807) is 6.26 Å². The minimum absolute atomic E-state index is 0.193. The van der Waals surface area contributed by atoms with Crippen LogP contribution in [-0.2, 0) is 29.1 Å². The molecule has 0 unspecified atom stereocenters. The van der Waals surface area contributed by atoms with Crippen LogP contribution in [0.2, 0.25) is 0 Å². The van der Waals surface area contributed by atoms with E-state index in [-0.39, 0.29) is 12.4 Å². The van der Waals surface area contributed by atoms with Crippen LogP contribution in [0.15, 0.2) is 51.6 Å². The maximum Gasteiger partial charge on any atom is 0.310 e. The van der Waals surface area contributed by atoms with E-state index in [0.29, 0.717) is 19.0 Å². The largest absolute Gasteiger partial charge is 0.489 e. The molecule has 0 saturated heterocycles. The normalized spacial score (nSPS) is 11.1. The van der Waals surface area contributed by atoms with Gasteiger partial charge in [-0.25, -0.2) is 0 Å². The Kier molecular flexibility index (Phi) is 10.3. The molecular formula is C27H34BrNO4. The van der Waals surface area contributed by atoms with Crippen molar-refractivity contribution in [2.45, 2.75) is 65.5 Å². The summed E-state index contributed by atoms with van der Waals surface area (Å²) in [4.78, 5) is 12.1. The maximum absolute atomic E-state index is 12.1. The van der Waals surface area contributed by atoms with Crippen molar-refractivity contribution in [1.29, 1.82) is 0 Å². The number of ether oxygens (including phenoxy) is 2. The fraction of sp³-hybridized carbons (Fsp3) is 0.444. The number of rotatable bonds is 14. The molecule has 6 heteroatoms. The van der Waals surface area contributed by atoms with Crippen molar-refractivity contribution in [3.05, 3.63) is 63.8 Å². The molecular weight excluding hydrogens is 482 g/mol. The zero-order chi connectivity index (χ0) is 23.5. The molecule has 0 atom stereocenters. The highest BCUT2D eigenvalue weighted by atomic mass is 79.9. The van der Waals surface area contributed by atoms with Gasteiger partial charge in [0.25, 0.3) is 0 Å². The van der Waals surface area contributed by atoms with E-state index in [0.717, 1.165) is 45.2 Å². The highest BCUT2D eigenvalue weighted by molar-refractivity contribution is 9.10. The number of carbonyl (C=O) groups excluding carboxylic acids is 1. The quantitative estimate of drug-likeness (QED) is 0.186. The van der Waals surface area contributed by atoms with Gasteiger partial charge in [0.2, 0.25) is 0 Å². The number of unbranched alkanes of at least 4 members (excludes halogenated alkanes) is 4. The highest BCUT2D eigenvalue weighted by Gasteiger charge is 2.12. The third-order valence-electron chi connectivity index (χ3n) is 5.52. The van der Waals surface area contributed by atoms with Crippen LogP contribution in [0.25, 0.3) is 11.0 Å². The van der Waals surface area contributed by atoms with Crippen LogP contribution in [0.1, 0.15) is 62.6 Å². The fourth-order valence-electron chi connectivity index (χ4n) is 3.78. The Balaban J connectivity index is 1.65. The van der Waals surface area contributed by atoms with Gasteiger partial charge in [-0.05, 0) is 71.2 Å². The van der Waals surface area contributed by atoms with Gasteiger partial charge in [0, 0.05) is 17.5 Å². The first-order valence-electron chi connectivity index (χ1n) is 11.9. The van der Waals surface area contributed by atoms with E-state index in [9.17, 15) is 4.79 Å². The SMILES string of the molecule is CCCCCCCNCc1ccc(CC(=O)OCC)c(OCc2cc(Br)c3occc3c2)c1. The van der Waals surface area contributed by atoms with Crippen molar-refractivity contribution >= 4 is 32.9 Å². The lowest BCUT2D eigenvalue weighted by molar-refractivity contribution is -0.142. The first-order valence-corrected chi connectivity index (χ1v) is 12.7. The van der Waals surface area contributed by atoms with E-state index >= 15 is 0 Å². The van der Waals surface area contributed by atoms with Gasteiger partial charge in [0.05, 0.1) is 23.8 Å². The number of halogens is 1. The zero-order valence-corrected chi connectivity index (χ0v) is 21.2. The van der Waals surface area contributed by atoms with Gasteiger partial charge in [-0.3, -0.25) is 4.79 Å². The number of hydrogen-bond acceptors (Lipinski definition) is 5. The van der Waals surface area contributed by atoms with E-state index in [2.05, 4.69) is 40.3 Å². The van der Waals surface area contributed by atoms with Gasteiger partial charge < -0.3 is 19.2 Å². The predicted molar refractivity (Wildman–Crippen MR) is 135 cm³/mol. The molecule has 0 saturated carbocycles. The second-order valence-corrected chi connectivity index (χ2v) is 9.07. The molecule has 0 bridgehead atoms. The van der Waals surface area contributed by atoms with Crippen LogP contribution in [0.3, 0.4) is 0 Å². The average molecular weight is 516 g/mol. The Morgan fingerprint density at radius 3 is 2.70 bits per heavy atom. The second-order valence-electron chi connectivity index (χ2n) is 8.22. The van der Waals surface area contributed by atoms with Crippen molar-refractivity contribution in [1.82, 2.24) is 5.32 Å². The lowest BCUT2D eigenvalue weighted by atomic mass is 10.1. The Bertz CT molecular complexity index is 1030. The molecule has 0 aliphatic heterocycles. The Labute approximate surface area is 205 Å². The summed E-state index contributed by atoms with van der Waals surface area (Å²) in [7, 11) is 0. The molecule has 0 spiro atoms. The molecule has 33 heavy (non-hydrogen) atoms. The van der Waals surface area contributed by atoms with Crippen molar-refractivity contribution in [2.75, 3.05) is 13.2 Å². The topological polar surface area (TPSA) is 60.7 Å². The number of fused-ring (bicyclic) bond motifs is 1. The third-order valence-corrected chi connectivity index (χ3v) is 6.11. The van der Waals surface area contributed by atoms with Crippen LogP contribution in [0, 0.1) is 0 Å². The summed E-state index contributed by atoms with van der Waals surface area (Å²) in [5.41, 5.74) is 3.82. The van der Waals surface area contributed by atoms with E-state index < -0.39 is 0 Å². The zero-order valence-electron chi connectivity index (χ0n) is 19.6. The molecule has 0 amide bonds. The molecule has 178 valence electrons. The van der Waals surface area contributed by atoms with E-state index in [1.165, 1.54) is 32.1 Å². The number of nitrogens with one attached hydrogen (secondary N) is 1. The summed E-state index contributed by atoms with van der Waals surface area (Å²) in [5.74, 6) is 0.469. The Morgan fingerprint density at radius 2 is 1.88 bits per heavy atom. The van der Waals surface area contributed by atoms with Crippen molar-refractivity contribution in [3.63, 3.8) is 0 Å². The van der Waals surface area contributed by atoms with Crippen molar-refractivity contribution in [3.8, 4) is 5.75 Å². The smallest absolute Gasteiger partial charge is 0.310 e. The molecule has 2 aromatic carbocycles. The van der Waals surface area contributed by atoms with Crippen molar-refractivity contribution < 1.29 is 18.7 Å². The van der Waals surface area contributed by atoms with Gasteiger partial charge >= 0.3 is 5.97 Å². The summed E-state index contributed by atoms with van der Waals surface area (Å²) in [6.45, 7) is 6.59. The molecule has 0 aliphatic rings. The van der Waals surface area contributed by atoms with Crippen LogP contribution in [0.5, 0.6) is 5.75 Å². The monoisotopic (exact) mass is 515 g/mol. The fourth-order valence-corrected chi connectivity index (χ4v) is 4.40. The minimum atomic E-state index is -0.247. The molecule has 1 aromatic heterocycles. The number of benzene rings is 2. The summed E-state index contributed by atoms with van der Waals surface area (Å²) in [5, 5.41) is 4.54. The number of hydrogen-bond donors (Lipinski definition) is 1. The van der Waals surface area contributed by atoms with Gasteiger partial charge in [0.1, 0.15) is 17.9 Å². The summed E-state index contributed by atoms with van der Waals surface area (Å²) >= 11 is 3.57. The average Bonchev–Trinajstić information content (AvgIpc) is 3.28. The van der Waals surface area contributed by atoms with Gasteiger partial charge in [-0.2, -0.15) is 0 Å². The molecule has 0 aliphatic carbocycles. The lowest BCUT2D eigenvalue weighted by Gasteiger charge is -2.14. The van der Waals surface area contributed by atoms with Gasteiger partial charge in [0.15, 0.2) is 0 Å². The van der Waals surface area contributed by atoms with Gasteiger partial charge in [-0.1, -0.05) is 44.7 Å². The summed E-state index contributed by atoms with van der Waals surface area (Å²) < 4.78 is 17.7. The standard InChI is InChI=1S/C27H34BrNO4/c1-3-5-6-7-8-12-29-18-20-9-10-22(17-26(30)31-4-2)25(16-20)33-19-21-14-23-11-13-32-27(23)24(28)15-21/h9-11,13-16,29H,3-8,12,17-19H2,1-2H3. The van der Waals surface area contributed by atoms with Crippen LogP contribution in [-0.4, -0.2) is 19.1 Å². The molecule has 5 nitrogen and oxygen atoms in total. The molecule has 3 rings (SSSR count). The second kappa shape index (κ2) is 13.4. The van der Waals surface area contributed by atoms with E-state index in [1.807, 2.05) is 31.2 Å². The first-order chi connectivity index (χ1) is 16.1. The molecule has 1 N–H and O–H groups in total. The number of furan rings is 1. The minimum Gasteiger partial charge on any atom is -0.489 e. The van der Waals surface area contributed by atoms with Gasteiger partial charge in [-0.15, -0.1) is 0 Å². The van der Waals surface area contributed by atoms with Crippen LogP contribution in [0.4, 0.5) is 0 Å². The first kappa shape index (κ1) is 25.3. The molecule has 0 radical (unpaired) electrons. The molecule has 1 heterocycles. The number of carbonyl (C=O) groups is 1. The van der Waals surface area contributed by atoms with Crippen molar-refractivity contribution in [2.24, 2.45) is 0 Å². The van der Waals surface area contributed by atoms with Crippen LogP contribution < -0.4 is 10.1 Å².